The first kappa shape index (κ1) is 25.7. The van der Waals surface area contributed by atoms with E-state index in [0.29, 0.717) is 17.2 Å². The Labute approximate surface area is 219 Å². The van der Waals surface area contributed by atoms with Crippen molar-refractivity contribution in [3.63, 3.8) is 0 Å². The van der Waals surface area contributed by atoms with Gasteiger partial charge in [-0.05, 0) is 46.5 Å². The Morgan fingerprint density at radius 3 is 1.54 bits per heavy atom. The lowest BCUT2D eigenvalue weighted by Crippen LogP contribution is -2.22. The van der Waals surface area contributed by atoms with Crippen molar-refractivity contribution >= 4 is 17.8 Å². The van der Waals surface area contributed by atoms with Gasteiger partial charge in [0.2, 0.25) is 5.75 Å². The predicted octanol–water partition coefficient (Wildman–Crippen LogP) is 7.10. The third-order valence-electron chi connectivity index (χ3n) is 6.13. The molecule has 0 fully saturated rings. The SMILES string of the molecule is COc1ccc(/C=C\c2cc(OC)c(OC)c(OC)c2)cc1N(Cc1ccccc1)Cc1ccccc1. The van der Waals surface area contributed by atoms with Crippen molar-refractivity contribution in [2.75, 3.05) is 33.3 Å². The van der Waals surface area contributed by atoms with Crippen LogP contribution in [0.25, 0.3) is 12.2 Å². The molecule has 5 nitrogen and oxygen atoms in total. The van der Waals surface area contributed by atoms with Crippen molar-refractivity contribution in [1.29, 1.82) is 0 Å². The van der Waals surface area contributed by atoms with Gasteiger partial charge in [-0.1, -0.05) is 78.9 Å². The summed E-state index contributed by atoms with van der Waals surface area (Å²) in [6.07, 6.45) is 4.11. The summed E-state index contributed by atoms with van der Waals surface area (Å²) in [4.78, 5) is 2.35. The number of hydrogen-bond acceptors (Lipinski definition) is 5. The highest BCUT2D eigenvalue weighted by Crippen LogP contribution is 2.39. The van der Waals surface area contributed by atoms with Crippen molar-refractivity contribution in [3.05, 3.63) is 113 Å². The second kappa shape index (κ2) is 12.5. The molecule has 0 N–H and O–H groups in total. The van der Waals surface area contributed by atoms with Gasteiger partial charge in [-0.25, -0.2) is 0 Å². The van der Waals surface area contributed by atoms with E-state index < -0.39 is 0 Å². The minimum atomic E-state index is 0.575. The average molecular weight is 496 g/mol. The van der Waals surface area contributed by atoms with Crippen LogP contribution in [0, 0.1) is 0 Å². The zero-order valence-corrected chi connectivity index (χ0v) is 21.8. The van der Waals surface area contributed by atoms with Gasteiger partial charge >= 0.3 is 0 Å². The number of rotatable bonds is 11. The first-order chi connectivity index (χ1) is 18.1. The summed E-state index contributed by atoms with van der Waals surface area (Å²) in [5, 5.41) is 0. The summed E-state index contributed by atoms with van der Waals surface area (Å²) in [6.45, 7) is 1.51. The van der Waals surface area contributed by atoms with Crippen molar-refractivity contribution in [2.45, 2.75) is 13.1 Å². The maximum Gasteiger partial charge on any atom is 0.203 e. The standard InChI is InChI=1S/C32H33NO4/c1-34-29-18-17-24(15-16-27-20-30(35-2)32(37-4)31(21-27)36-3)19-28(29)33(22-25-11-7-5-8-12-25)23-26-13-9-6-10-14-26/h5-21H,22-23H2,1-4H3/b16-15-. The average Bonchev–Trinajstić information content (AvgIpc) is 2.96. The van der Waals surface area contributed by atoms with Gasteiger partial charge in [0.25, 0.3) is 0 Å². The van der Waals surface area contributed by atoms with Gasteiger partial charge in [0.1, 0.15) is 5.75 Å². The van der Waals surface area contributed by atoms with Crippen LogP contribution in [-0.4, -0.2) is 28.4 Å². The van der Waals surface area contributed by atoms with E-state index in [1.807, 2.05) is 36.4 Å². The van der Waals surface area contributed by atoms with Gasteiger partial charge in [0.05, 0.1) is 34.1 Å². The monoisotopic (exact) mass is 495 g/mol. The molecule has 0 spiro atoms. The smallest absolute Gasteiger partial charge is 0.203 e. The molecule has 4 aromatic carbocycles. The number of methoxy groups -OCH3 is 4. The fourth-order valence-corrected chi connectivity index (χ4v) is 4.28. The molecular formula is C32H33NO4. The maximum absolute atomic E-state index is 5.79. The number of nitrogens with zero attached hydrogens (tertiary/aromatic N) is 1. The van der Waals surface area contributed by atoms with Crippen LogP contribution in [-0.2, 0) is 13.1 Å². The van der Waals surface area contributed by atoms with Gasteiger partial charge in [0, 0.05) is 13.1 Å². The normalized spacial score (nSPS) is 10.8. The molecule has 0 bridgehead atoms. The highest BCUT2D eigenvalue weighted by atomic mass is 16.5. The predicted molar refractivity (Wildman–Crippen MR) is 151 cm³/mol. The zero-order chi connectivity index (χ0) is 26.0. The van der Waals surface area contributed by atoms with Crippen LogP contribution >= 0.6 is 0 Å². The molecule has 0 aromatic heterocycles. The fourth-order valence-electron chi connectivity index (χ4n) is 4.28. The van der Waals surface area contributed by atoms with E-state index in [9.17, 15) is 0 Å². The van der Waals surface area contributed by atoms with Crippen molar-refractivity contribution in [1.82, 2.24) is 0 Å². The Morgan fingerprint density at radius 2 is 1.05 bits per heavy atom. The molecule has 0 aliphatic carbocycles. The number of benzene rings is 4. The second-order valence-corrected chi connectivity index (χ2v) is 8.55. The van der Waals surface area contributed by atoms with E-state index in [2.05, 4.69) is 71.6 Å². The molecule has 0 atom stereocenters. The molecule has 0 aliphatic heterocycles. The third-order valence-corrected chi connectivity index (χ3v) is 6.13. The van der Waals surface area contributed by atoms with Crippen LogP contribution in [0.15, 0.2) is 91.0 Å². The highest BCUT2D eigenvalue weighted by Gasteiger charge is 2.15. The van der Waals surface area contributed by atoms with Gasteiger partial charge in [-0.2, -0.15) is 0 Å². The van der Waals surface area contributed by atoms with Crippen LogP contribution in [0.2, 0.25) is 0 Å². The van der Waals surface area contributed by atoms with E-state index in [0.717, 1.165) is 35.7 Å². The van der Waals surface area contributed by atoms with Crippen LogP contribution in [0.3, 0.4) is 0 Å². The number of hydrogen-bond donors (Lipinski definition) is 0. The molecule has 190 valence electrons. The summed E-state index contributed by atoms with van der Waals surface area (Å²) in [7, 11) is 6.56. The molecule has 0 heterocycles. The summed E-state index contributed by atoms with van der Waals surface area (Å²) in [6, 6.07) is 31.1. The van der Waals surface area contributed by atoms with E-state index in [1.165, 1.54) is 11.1 Å². The molecule has 0 radical (unpaired) electrons. The Morgan fingerprint density at radius 1 is 0.541 bits per heavy atom. The van der Waals surface area contributed by atoms with E-state index in [4.69, 9.17) is 18.9 Å². The summed E-state index contributed by atoms with van der Waals surface area (Å²) < 4.78 is 22.2. The lowest BCUT2D eigenvalue weighted by molar-refractivity contribution is 0.324. The minimum absolute atomic E-state index is 0.575. The lowest BCUT2D eigenvalue weighted by Gasteiger charge is -2.27. The Kier molecular flexibility index (Phi) is 8.71. The van der Waals surface area contributed by atoms with Crippen LogP contribution < -0.4 is 23.8 Å². The van der Waals surface area contributed by atoms with E-state index in [-0.39, 0.29) is 0 Å². The Hall–Kier alpha value is -4.38. The molecule has 37 heavy (non-hydrogen) atoms. The number of anilines is 1. The molecule has 0 aliphatic rings. The molecule has 0 unspecified atom stereocenters. The van der Waals surface area contributed by atoms with Crippen LogP contribution in [0.5, 0.6) is 23.0 Å². The summed E-state index contributed by atoms with van der Waals surface area (Å²) in [5.41, 5.74) is 5.49. The second-order valence-electron chi connectivity index (χ2n) is 8.55. The van der Waals surface area contributed by atoms with Crippen molar-refractivity contribution < 1.29 is 18.9 Å². The fraction of sp³-hybridized carbons (Fsp3) is 0.188. The first-order valence-corrected chi connectivity index (χ1v) is 12.1. The summed E-state index contributed by atoms with van der Waals surface area (Å²) in [5.74, 6) is 2.64. The lowest BCUT2D eigenvalue weighted by atomic mass is 10.1. The Bertz CT molecular complexity index is 1250. The molecule has 0 amide bonds. The first-order valence-electron chi connectivity index (χ1n) is 12.1. The topological polar surface area (TPSA) is 40.2 Å². The highest BCUT2D eigenvalue weighted by molar-refractivity contribution is 5.75. The van der Waals surface area contributed by atoms with Gasteiger partial charge in [0.15, 0.2) is 11.5 Å². The van der Waals surface area contributed by atoms with Crippen molar-refractivity contribution in [3.8, 4) is 23.0 Å². The molecule has 4 aromatic rings. The molecule has 4 rings (SSSR count). The van der Waals surface area contributed by atoms with Gasteiger partial charge in [-0.15, -0.1) is 0 Å². The molecular weight excluding hydrogens is 462 g/mol. The van der Waals surface area contributed by atoms with Gasteiger partial charge in [-0.3, -0.25) is 0 Å². The third kappa shape index (κ3) is 6.44. The molecule has 0 saturated heterocycles. The van der Waals surface area contributed by atoms with Crippen LogP contribution in [0.1, 0.15) is 22.3 Å². The summed E-state index contributed by atoms with van der Waals surface area (Å²) >= 11 is 0. The Balaban J connectivity index is 1.69. The van der Waals surface area contributed by atoms with E-state index in [1.54, 1.807) is 28.4 Å². The van der Waals surface area contributed by atoms with Crippen LogP contribution in [0.4, 0.5) is 5.69 Å². The minimum Gasteiger partial charge on any atom is -0.495 e. The van der Waals surface area contributed by atoms with E-state index >= 15 is 0 Å². The molecule has 0 saturated carbocycles. The largest absolute Gasteiger partial charge is 0.495 e. The molecule has 5 heteroatoms. The van der Waals surface area contributed by atoms with Gasteiger partial charge < -0.3 is 23.8 Å². The van der Waals surface area contributed by atoms with Crippen molar-refractivity contribution in [2.24, 2.45) is 0 Å². The quantitative estimate of drug-likeness (QED) is 0.208. The maximum atomic E-state index is 5.79. The zero-order valence-electron chi connectivity index (χ0n) is 21.8. The number of ether oxygens (including phenoxy) is 4.